The fraction of sp³-hybridized carbons (Fsp3) is 0.357. The maximum absolute atomic E-state index is 14.1. The number of carbonyl (C=O) groups is 2. The second kappa shape index (κ2) is 10.8. The molecule has 1 atom stereocenters. The third-order valence-electron chi connectivity index (χ3n) is 6.09. The van der Waals surface area contributed by atoms with Crippen LogP contribution >= 0.6 is 0 Å². The van der Waals surface area contributed by atoms with Gasteiger partial charge in [0.2, 0.25) is 5.91 Å². The second-order valence-corrected chi connectivity index (χ2v) is 9.07. The van der Waals surface area contributed by atoms with Crippen LogP contribution in [-0.4, -0.2) is 29.8 Å². The molecule has 3 aromatic rings. The van der Waals surface area contributed by atoms with Gasteiger partial charge in [0.25, 0.3) is 5.91 Å². The summed E-state index contributed by atoms with van der Waals surface area (Å²) in [6.07, 6.45) is 1.56. The lowest BCUT2D eigenvalue weighted by Gasteiger charge is -2.39. The molecule has 2 amide bonds. The van der Waals surface area contributed by atoms with Gasteiger partial charge in [0.05, 0.1) is 6.04 Å². The Morgan fingerprint density at radius 1 is 1.17 bits per heavy atom. The van der Waals surface area contributed by atoms with Crippen molar-refractivity contribution in [1.29, 1.82) is 0 Å². The highest BCUT2D eigenvalue weighted by Crippen LogP contribution is 2.38. The molecule has 35 heavy (non-hydrogen) atoms. The van der Waals surface area contributed by atoms with Crippen LogP contribution < -0.4 is 10.1 Å². The number of carbonyl (C=O) groups excluding carboxylic acids is 2. The van der Waals surface area contributed by atoms with Crippen LogP contribution in [0, 0.1) is 11.7 Å². The minimum atomic E-state index is -0.398. The van der Waals surface area contributed by atoms with E-state index >= 15 is 0 Å². The first-order valence-corrected chi connectivity index (χ1v) is 12.1. The minimum absolute atomic E-state index is 0.0284. The number of hydrogen-bond donors (Lipinski definition) is 1. The molecule has 1 aromatic heterocycles. The van der Waals surface area contributed by atoms with Crippen LogP contribution in [0.5, 0.6) is 5.75 Å². The molecule has 1 aliphatic rings. The first kappa shape index (κ1) is 24.5. The summed E-state index contributed by atoms with van der Waals surface area (Å²) in [4.78, 5) is 27.0. The highest BCUT2D eigenvalue weighted by molar-refractivity contribution is 5.91. The molecule has 0 fully saturated rings. The molecule has 1 aliphatic heterocycles. The lowest BCUT2D eigenvalue weighted by molar-refractivity contribution is -0.136. The zero-order valence-corrected chi connectivity index (χ0v) is 20.3. The molecule has 6 nitrogen and oxygen atoms in total. The number of amides is 2. The number of halogens is 1. The summed E-state index contributed by atoms with van der Waals surface area (Å²) in [6, 6.07) is 15.2. The van der Waals surface area contributed by atoms with Crippen molar-refractivity contribution >= 4 is 11.8 Å². The number of nitrogens with one attached hydrogen (secondary N) is 1. The predicted octanol–water partition coefficient (Wildman–Crippen LogP) is 5.27. The third kappa shape index (κ3) is 5.56. The third-order valence-corrected chi connectivity index (χ3v) is 6.09. The van der Waals surface area contributed by atoms with Gasteiger partial charge in [-0.15, -0.1) is 0 Å². The van der Waals surface area contributed by atoms with Gasteiger partial charge in [0.15, 0.2) is 5.76 Å². The number of furan rings is 1. The first-order valence-electron chi connectivity index (χ1n) is 12.1. The summed E-state index contributed by atoms with van der Waals surface area (Å²) in [5.41, 5.74) is 2.76. The van der Waals surface area contributed by atoms with E-state index in [1.165, 1.54) is 12.1 Å². The summed E-state index contributed by atoms with van der Waals surface area (Å²) in [5, 5.41) is 2.78. The van der Waals surface area contributed by atoms with Crippen molar-refractivity contribution in [2.45, 2.75) is 46.3 Å². The van der Waals surface area contributed by atoms with Crippen molar-refractivity contribution in [1.82, 2.24) is 10.2 Å². The van der Waals surface area contributed by atoms with Crippen molar-refractivity contribution in [2.24, 2.45) is 5.92 Å². The first-order chi connectivity index (χ1) is 16.9. The molecular weight excluding hydrogens is 447 g/mol. The molecule has 7 heteroatoms. The molecule has 2 heterocycles. The van der Waals surface area contributed by atoms with E-state index in [2.05, 4.69) is 5.32 Å². The summed E-state index contributed by atoms with van der Waals surface area (Å²) in [7, 11) is 0. The molecular formula is C28H31FN2O4. The number of ether oxygens (including phenoxy) is 1. The quantitative estimate of drug-likeness (QED) is 0.479. The molecule has 0 radical (unpaired) electrons. The molecule has 0 saturated carbocycles. The van der Waals surface area contributed by atoms with Gasteiger partial charge < -0.3 is 19.4 Å². The summed E-state index contributed by atoms with van der Waals surface area (Å²) >= 11 is 0. The maximum Gasteiger partial charge on any atom is 0.286 e. The van der Waals surface area contributed by atoms with Crippen molar-refractivity contribution in [3.63, 3.8) is 0 Å². The smallest absolute Gasteiger partial charge is 0.286 e. The van der Waals surface area contributed by atoms with Gasteiger partial charge in [0.1, 0.15) is 23.9 Å². The fourth-order valence-corrected chi connectivity index (χ4v) is 4.35. The average Bonchev–Trinajstić information content (AvgIpc) is 3.34. The van der Waals surface area contributed by atoms with E-state index in [0.717, 1.165) is 23.1 Å². The van der Waals surface area contributed by atoms with Crippen LogP contribution in [0.1, 0.15) is 66.2 Å². The number of rotatable bonds is 8. The van der Waals surface area contributed by atoms with Crippen LogP contribution in [0.3, 0.4) is 0 Å². The van der Waals surface area contributed by atoms with Crippen LogP contribution in [0.2, 0.25) is 0 Å². The summed E-state index contributed by atoms with van der Waals surface area (Å²) in [5.74, 6) is 0.655. The Bertz CT molecular complexity index is 1200. The minimum Gasteiger partial charge on any atom is -0.486 e. The van der Waals surface area contributed by atoms with E-state index in [-0.39, 0.29) is 35.9 Å². The van der Waals surface area contributed by atoms with Crippen molar-refractivity contribution in [2.75, 3.05) is 13.1 Å². The molecule has 0 spiro atoms. The number of fused-ring (bicyclic) bond motifs is 1. The lowest BCUT2D eigenvalue weighted by atomic mass is 9.87. The van der Waals surface area contributed by atoms with Gasteiger partial charge in [-0.05, 0) is 65.9 Å². The van der Waals surface area contributed by atoms with Crippen molar-refractivity contribution < 1.29 is 23.1 Å². The largest absolute Gasteiger partial charge is 0.486 e. The molecule has 0 saturated heterocycles. The fourth-order valence-electron chi connectivity index (χ4n) is 4.35. The average molecular weight is 479 g/mol. The van der Waals surface area contributed by atoms with E-state index in [4.69, 9.17) is 9.15 Å². The Morgan fingerprint density at radius 3 is 2.74 bits per heavy atom. The Hall–Kier alpha value is -3.61. The van der Waals surface area contributed by atoms with E-state index in [1.54, 1.807) is 18.2 Å². The second-order valence-electron chi connectivity index (χ2n) is 9.07. The summed E-state index contributed by atoms with van der Waals surface area (Å²) in [6.45, 7) is 7.04. The molecule has 0 bridgehead atoms. The van der Waals surface area contributed by atoms with E-state index in [9.17, 15) is 14.0 Å². The van der Waals surface area contributed by atoms with E-state index < -0.39 is 6.04 Å². The Labute approximate surface area is 205 Å². The lowest BCUT2D eigenvalue weighted by Crippen LogP contribution is -2.42. The van der Waals surface area contributed by atoms with Gasteiger partial charge in [-0.1, -0.05) is 39.0 Å². The standard InChI is InChI=1S/C28H31FN2O4/c1-4-13-30-27(32)25-11-10-23(35-25)17-34-22-9-8-19-12-14-31(28(33)18(2)3)26(24(19)16-22)20-6-5-7-21(29)15-20/h5-11,15-16,18,26H,4,12-14,17H2,1-3H3,(H,30,32)/t26-/m1/s1. The topological polar surface area (TPSA) is 71.8 Å². The number of hydrogen-bond acceptors (Lipinski definition) is 4. The molecule has 2 aromatic carbocycles. The van der Waals surface area contributed by atoms with Gasteiger partial charge in [-0.2, -0.15) is 0 Å². The zero-order chi connectivity index (χ0) is 24.9. The van der Waals surface area contributed by atoms with Gasteiger partial charge in [0, 0.05) is 19.0 Å². The van der Waals surface area contributed by atoms with Crippen LogP contribution in [0.15, 0.2) is 59.0 Å². The van der Waals surface area contributed by atoms with E-state index in [0.29, 0.717) is 31.0 Å². The predicted molar refractivity (Wildman–Crippen MR) is 131 cm³/mol. The Kier molecular flexibility index (Phi) is 7.54. The molecule has 184 valence electrons. The highest BCUT2D eigenvalue weighted by atomic mass is 19.1. The Balaban J connectivity index is 1.58. The SMILES string of the molecule is CCCNC(=O)c1ccc(COc2ccc3c(c2)[C@@H](c2cccc(F)c2)N(C(=O)C(C)C)CC3)o1. The van der Waals surface area contributed by atoms with Gasteiger partial charge in [-0.25, -0.2) is 4.39 Å². The molecule has 0 unspecified atom stereocenters. The van der Waals surface area contributed by atoms with E-state index in [1.807, 2.05) is 49.9 Å². The Morgan fingerprint density at radius 2 is 2.00 bits per heavy atom. The number of benzene rings is 2. The molecule has 4 rings (SSSR count). The van der Waals surface area contributed by atoms with Gasteiger partial charge in [-0.3, -0.25) is 9.59 Å². The van der Waals surface area contributed by atoms with Crippen LogP contribution in [-0.2, 0) is 17.8 Å². The summed E-state index contributed by atoms with van der Waals surface area (Å²) < 4.78 is 25.7. The van der Waals surface area contributed by atoms with Crippen molar-refractivity contribution in [3.8, 4) is 5.75 Å². The maximum atomic E-state index is 14.1. The van der Waals surface area contributed by atoms with Crippen LogP contribution in [0.25, 0.3) is 0 Å². The highest BCUT2D eigenvalue weighted by Gasteiger charge is 2.33. The molecule has 0 aliphatic carbocycles. The number of nitrogens with zero attached hydrogens (tertiary/aromatic N) is 1. The van der Waals surface area contributed by atoms with Gasteiger partial charge >= 0.3 is 0 Å². The zero-order valence-electron chi connectivity index (χ0n) is 20.3. The normalized spacial score (nSPS) is 15.1. The van der Waals surface area contributed by atoms with Crippen molar-refractivity contribution in [3.05, 3.63) is 88.6 Å². The van der Waals surface area contributed by atoms with Crippen LogP contribution in [0.4, 0.5) is 4.39 Å². The molecule has 1 N–H and O–H groups in total. The monoisotopic (exact) mass is 478 g/mol.